The van der Waals surface area contributed by atoms with Crippen LogP contribution in [0.15, 0.2) is 27.1 Å². The standard InChI is InChI=1S/C14H20BrNO2S/c1-10(2)18-13-8-12(15)7-6-11(13)9-16-19(17)14(3,4)5/h6-10H,1-5H3. The van der Waals surface area contributed by atoms with Gasteiger partial charge in [-0.05, 0) is 52.8 Å². The third-order valence-electron chi connectivity index (χ3n) is 2.15. The molecule has 0 aliphatic carbocycles. The van der Waals surface area contributed by atoms with E-state index in [1.807, 2.05) is 52.8 Å². The summed E-state index contributed by atoms with van der Waals surface area (Å²) in [5, 5.41) is 0. The van der Waals surface area contributed by atoms with Crippen LogP contribution in [0.1, 0.15) is 40.2 Å². The van der Waals surface area contributed by atoms with E-state index >= 15 is 0 Å². The lowest BCUT2D eigenvalue weighted by atomic mass is 10.2. The maximum atomic E-state index is 11.9. The van der Waals surface area contributed by atoms with Gasteiger partial charge in [-0.1, -0.05) is 15.9 Å². The van der Waals surface area contributed by atoms with E-state index < -0.39 is 11.0 Å². The lowest BCUT2D eigenvalue weighted by Gasteiger charge is -2.14. The molecule has 0 bridgehead atoms. The van der Waals surface area contributed by atoms with Crippen LogP contribution in [0, 0.1) is 0 Å². The second kappa shape index (κ2) is 6.66. The van der Waals surface area contributed by atoms with Gasteiger partial charge in [0, 0.05) is 16.3 Å². The minimum absolute atomic E-state index is 0.0783. The van der Waals surface area contributed by atoms with Gasteiger partial charge in [0.05, 0.1) is 10.9 Å². The molecular weight excluding hydrogens is 326 g/mol. The molecule has 106 valence electrons. The van der Waals surface area contributed by atoms with E-state index in [9.17, 15) is 4.21 Å². The van der Waals surface area contributed by atoms with Gasteiger partial charge in [-0.25, -0.2) is 4.21 Å². The Hall–Kier alpha value is -0.680. The van der Waals surface area contributed by atoms with E-state index in [4.69, 9.17) is 4.74 Å². The van der Waals surface area contributed by atoms with Crippen molar-refractivity contribution < 1.29 is 8.95 Å². The zero-order valence-electron chi connectivity index (χ0n) is 11.9. The SMILES string of the molecule is CC(C)Oc1cc(Br)ccc1C=NS(=O)C(C)(C)C. The Morgan fingerprint density at radius 2 is 2.00 bits per heavy atom. The molecule has 0 heterocycles. The smallest absolute Gasteiger partial charge is 0.144 e. The Morgan fingerprint density at radius 1 is 1.37 bits per heavy atom. The highest BCUT2D eigenvalue weighted by molar-refractivity contribution is 9.10. The number of hydrogen-bond donors (Lipinski definition) is 0. The molecule has 0 radical (unpaired) electrons. The Balaban J connectivity index is 3.00. The first-order valence-electron chi connectivity index (χ1n) is 6.12. The number of rotatable bonds is 4. The summed E-state index contributed by atoms with van der Waals surface area (Å²) in [7, 11) is -1.26. The lowest BCUT2D eigenvalue weighted by Crippen LogP contribution is -2.19. The van der Waals surface area contributed by atoms with Gasteiger partial charge >= 0.3 is 0 Å². The van der Waals surface area contributed by atoms with Crippen LogP contribution < -0.4 is 4.74 Å². The van der Waals surface area contributed by atoms with Gasteiger partial charge in [0.2, 0.25) is 0 Å². The molecule has 19 heavy (non-hydrogen) atoms. The largest absolute Gasteiger partial charge is 0.490 e. The Kier molecular flexibility index (Phi) is 5.74. The van der Waals surface area contributed by atoms with Crippen molar-refractivity contribution in [1.29, 1.82) is 0 Å². The molecular formula is C14H20BrNO2S. The van der Waals surface area contributed by atoms with Crippen molar-refractivity contribution >= 4 is 33.1 Å². The number of nitrogens with zero attached hydrogens (tertiary/aromatic N) is 1. The summed E-state index contributed by atoms with van der Waals surface area (Å²) in [4.78, 5) is 0. The zero-order valence-corrected chi connectivity index (χ0v) is 14.3. The molecule has 0 spiro atoms. The van der Waals surface area contributed by atoms with Crippen molar-refractivity contribution in [3.63, 3.8) is 0 Å². The Morgan fingerprint density at radius 3 is 2.53 bits per heavy atom. The highest BCUT2D eigenvalue weighted by Gasteiger charge is 2.18. The minimum atomic E-state index is -1.26. The number of ether oxygens (including phenoxy) is 1. The fourth-order valence-electron chi connectivity index (χ4n) is 1.23. The van der Waals surface area contributed by atoms with Crippen LogP contribution in [0.25, 0.3) is 0 Å². The van der Waals surface area contributed by atoms with Gasteiger partial charge in [-0.2, -0.15) is 4.40 Å². The van der Waals surface area contributed by atoms with E-state index in [2.05, 4.69) is 20.3 Å². The minimum Gasteiger partial charge on any atom is -0.490 e. The van der Waals surface area contributed by atoms with E-state index in [1.165, 1.54) is 0 Å². The summed E-state index contributed by atoms with van der Waals surface area (Å²) in [5.74, 6) is 0.735. The molecule has 3 nitrogen and oxygen atoms in total. The maximum absolute atomic E-state index is 11.9. The predicted octanol–water partition coefficient (Wildman–Crippen LogP) is 4.12. The van der Waals surface area contributed by atoms with Crippen molar-refractivity contribution in [3.05, 3.63) is 28.2 Å². The van der Waals surface area contributed by atoms with Gasteiger partial charge in [0.1, 0.15) is 16.7 Å². The summed E-state index contributed by atoms with van der Waals surface area (Å²) < 4.78 is 22.3. The molecule has 0 N–H and O–H groups in total. The number of benzene rings is 1. The van der Waals surface area contributed by atoms with Gasteiger partial charge in [0.25, 0.3) is 0 Å². The molecule has 0 aliphatic heterocycles. The first-order chi connectivity index (χ1) is 8.70. The van der Waals surface area contributed by atoms with Crippen molar-refractivity contribution in [2.24, 2.45) is 4.40 Å². The van der Waals surface area contributed by atoms with Crippen LogP contribution in [0.3, 0.4) is 0 Å². The predicted molar refractivity (Wildman–Crippen MR) is 85.4 cm³/mol. The van der Waals surface area contributed by atoms with Crippen molar-refractivity contribution in [3.8, 4) is 5.75 Å². The third kappa shape index (κ3) is 5.45. The van der Waals surface area contributed by atoms with Crippen LogP contribution in [0.4, 0.5) is 0 Å². The molecule has 0 fully saturated rings. The molecule has 1 unspecified atom stereocenters. The van der Waals surface area contributed by atoms with E-state index in [0.29, 0.717) is 0 Å². The quantitative estimate of drug-likeness (QED) is 0.770. The van der Waals surface area contributed by atoms with E-state index in [-0.39, 0.29) is 10.9 Å². The van der Waals surface area contributed by atoms with Crippen molar-refractivity contribution in [1.82, 2.24) is 0 Å². The number of hydrogen-bond acceptors (Lipinski definition) is 2. The second-order valence-corrected chi connectivity index (χ2v) is 8.29. The third-order valence-corrected chi connectivity index (χ3v) is 3.99. The van der Waals surface area contributed by atoms with Crippen molar-refractivity contribution in [2.75, 3.05) is 0 Å². The molecule has 1 rings (SSSR count). The molecule has 1 atom stereocenters. The highest BCUT2D eigenvalue weighted by atomic mass is 79.9. The summed E-state index contributed by atoms with van der Waals surface area (Å²) in [6.45, 7) is 9.62. The molecule has 5 heteroatoms. The van der Waals surface area contributed by atoms with Crippen LogP contribution in [-0.2, 0) is 11.0 Å². The average molecular weight is 346 g/mol. The highest BCUT2D eigenvalue weighted by Crippen LogP contribution is 2.24. The van der Waals surface area contributed by atoms with Gasteiger partial charge in [-0.3, -0.25) is 0 Å². The summed E-state index contributed by atoms with van der Waals surface area (Å²) in [5.41, 5.74) is 0.828. The number of halogens is 1. The Bertz CT molecular complexity index is 493. The summed E-state index contributed by atoms with van der Waals surface area (Å²) in [6.07, 6.45) is 1.69. The van der Waals surface area contributed by atoms with E-state index in [1.54, 1.807) is 6.21 Å². The van der Waals surface area contributed by atoms with Gasteiger partial charge < -0.3 is 4.74 Å². The normalized spacial score (nSPS) is 14.1. The first-order valence-corrected chi connectivity index (χ1v) is 8.02. The average Bonchev–Trinajstić information content (AvgIpc) is 2.25. The molecule has 0 amide bonds. The van der Waals surface area contributed by atoms with E-state index in [0.717, 1.165) is 15.8 Å². The molecule has 1 aromatic rings. The first kappa shape index (κ1) is 16.4. The monoisotopic (exact) mass is 345 g/mol. The second-order valence-electron chi connectivity index (χ2n) is 5.44. The van der Waals surface area contributed by atoms with Crippen LogP contribution in [0.2, 0.25) is 0 Å². The molecule has 1 aromatic carbocycles. The maximum Gasteiger partial charge on any atom is 0.144 e. The zero-order chi connectivity index (χ0) is 14.6. The van der Waals surface area contributed by atoms with Gasteiger partial charge in [-0.15, -0.1) is 0 Å². The molecule has 0 aromatic heterocycles. The topological polar surface area (TPSA) is 38.7 Å². The molecule has 0 aliphatic rings. The van der Waals surface area contributed by atoms with Crippen LogP contribution in [0.5, 0.6) is 5.75 Å². The Labute approximate surface area is 126 Å². The van der Waals surface area contributed by atoms with Crippen LogP contribution in [-0.4, -0.2) is 21.3 Å². The fourth-order valence-corrected chi connectivity index (χ4v) is 2.10. The van der Waals surface area contributed by atoms with Crippen molar-refractivity contribution in [2.45, 2.75) is 45.5 Å². The van der Waals surface area contributed by atoms with Crippen LogP contribution >= 0.6 is 15.9 Å². The molecule has 0 saturated heterocycles. The summed E-state index contributed by atoms with van der Waals surface area (Å²) >= 11 is 3.41. The summed E-state index contributed by atoms with van der Waals surface area (Å²) in [6, 6.07) is 5.70. The fraction of sp³-hybridized carbons (Fsp3) is 0.500. The molecule has 0 saturated carbocycles. The lowest BCUT2D eigenvalue weighted by molar-refractivity contribution is 0.242. The van der Waals surface area contributed by atoms with Gasteiger partial charge in [0.15, 0.2) is 0 Å².